The Morgan fingerprint density at radius 2 is 2.12 bits per heavy atom. The van der Waals surface area contributed by atoms with Crippen LogP contribution in [0.5, 0.6) is 0 Å². The van der Waals surface area contributed by atoms with Gasteiger partial charge in [0.05, 0.1) is 5.69 Å². The van der Waals surface area contributed by atoms with E-state index in [1.54, 1.807) is 6.39 Å². The number of rotatable bonds is 7. The van der Waals surface area contributed by atoms with E-state index in [0.29, 0.717) is 11.8 Å². The summed E-state index contributed by atoms with van der Waals surface area (Å²) in [6, 6.07) is 0. The molecule has 0 aromatic carbocycles. The predicted octanol–water partition coefficient (Wildman–Crippen LogP) is 3.01. The Morgan fingerprint density at radius 3 is 2.75 bits per heavy atom. The van der Waals surface area contributed by atoms with Gasteiger partial charge in [-0.25, -0.2) is 4.98 Å². The SMILES string of the molecule is CCC(C)Cc1ocnc1CNCC(C)C. The Morgan fingerprint density at radius 1 is 1.38 bits per heavy atom. The van der Waals surface area contributed by atoms with E-state index in [9.17, 15) is 0 Å². The summed E-state index contributed by atoms with van der Waals surface area (Å²) in [5.41, 5.74) is 1.07. The standard InChI is InChI=1S/C13H24N2O/c1-5-11(4)6-13-12(15-9-16-13)8-14-7-10(2)3/h9-11,14H,5-8H2,1-4H3. The highest BCUT2D eigenvalue weighted by Gasteiger charge is 2.11. The average molecular weight is 224 g/mol. The third-order valence-electron chi connectivity index (χ3n) is 2.80. The van der Waals surface area contributed by atoms with Gasteiger partial charge in [0.1, 0.15) is 5.76 Å². The van der Waals surface area contributed by atoms with Gasteiger partial charge in [-0.1, -0.05) is 34.1 Å². The van der Waals surface area contributed by atoms with Gasteiger partial charge in [-0.05, 0) is 18.4 Å². The molecule has 0 amide bonds. The maximum absolute atomic E-state index is 5.44. The summed E-state index contributed by atoms with van der Waals surface area (Å²) in [7, 11) is 0. The molecular formula is C13H24N2O. The summed E-state index contributed by atoms with van der Waals surface area (Å²) in [5.74, 6) is 2.38. The number of oxazole rings is 1. The Bertz CT molecular complexity index is 294. The molecule has 0 aliphatic carbocycles. The first kappa shape index (κ1) is 13.2. The Kier molecular flexibility index (Phi) is 5.53. The van der Waals surface area contributed by atoms with E-state index < -0.39 is 0 Å². The third kappa shape index (κ3) is 4.35. The second kappa shape index (κ2) is 6.69. The van der Waals surface area contributed by atoms with E-state index in [2.05, 4.69) is 38.0 Å². The van der Waals surface area contributed by atoms with Crippen molar-refractivity contribution in [1.29, 1.82) is 0 Å². The van der Waals surface area contributed by atoms with Gasteiger partial charge in [-0.3, -0.25) is 0 Å². The molecule has 1 heterocycles. The fraction of sp³-hybridized carbons (Fsp3) is 0.769. The van der Waals surface area contributed by atoms with Crippen LogP contribution >= 0.6 is 0 Å². The first-order valence-corrected chi connectivity index (χ1v) is 6.25. The van der Waals surface area contributed by atoms with E-state index in [0.717, 1.165) is 31.0 Å². The van der Waals surface area contributed by atoms with Gasteiger partial charge >= 0.3 is 0 Å². The van der Waals surface area contributed by atoms with Gasteiger partial charge < -0.3 is 9.73 Å². The molecule has 3 heteroatoms. The highest BCUT2D eigenvalue weighted by molar-refractivity contribution is 5.07. The molecule has 0 bridgehead atoms. The van der Waals surface area contributed by atoms with Gasteiger partial charge in [-0.15, -0.1) is 0 Å². The monoisotopic (exact) mass is 224 g/mol. The van der Waals surface area contributed by atoms with Crippen molar-refractivity contribution in [2.75, 3.05) is 6.54 Å². The van der Waals surface area contributed by atoms with Crippen LogP contribution in [0.1, 0.15) is 45.6 Å². The van der Waals surface area contributed by atoms with E-state index in [1.165, 1.54) is 6.42 Å². The van der Waals surface area contributed by atoms with Crippen molar-refractivity contribution < 1.29 is 4.42 Å². The minimum atomic E-state index is 0.664. The molecule has 1 rings (SSSR count). The normalized spacial score (nSPS) is 13.3. The van der Waals surface area contributed by atoms with E-state index >= 15 is 0 Å². The molecule has 0 saturated heterocycles. The van der Waals surface area contributed by atoms with Crippen LogP contribution in [0.25, 0.3) is 0 Å². The minimum absolute atomic E-state index is 0.664. The molecule has 0 aliphatic rings. The van der Waals surface area contributed by atoms with E-state index in [1.807, 2.05) is 0 Å². The lowest BCUT2D eigenvalue weighted by Crippen LogP contribution is -2.20. The molecule has 1 unspecified atom stereocenters. The minimum Gasteiger partial charge on any atom is -0.448 e. The zero-order valence-corrected chi connectivity index (χ0v) is 10.9. The van der Waals surface area contributed by atoms with Crippen LogP contribution in [-0.4, -0.2) is 11.5 Å². The lowest BCUT2D eigenvalue weighted by atomic mass is 10.0. The molecule has 1 aromatic rings. The smallest absolute Gasteiger partial charge is 0.181 e. The molecule has 1 atom stereocenters. The molecule has 0 saturated carbocycles. The largest absolute Gasteiger partial charge is 0.448 e. The summed E-state index contributed by atoms with van der Waals surface area (Å²) in [4.78, 5) is 4.27. The van der Waals surface area contributed by atoms with Crippen molar-refractivity contribution in [3.05, 3.63) is 17.8 Å². The van der Waals surface area contributed by atoms with Gasteiger partial charge in [0, 0.05) is 13.0 Å². The molecule has 92 valence electrons. The molecule has 1 aromatic heterocycles. The number of nitrogens with zero attached hydrogens (tertiary/aromatic N) is 1. The maximum atomic E-state index is 5.44. The number of hydrogen-bond donors (Lipinski definition) is 1. The Labute approximate surface area is 98.6 Å². The molecule has 0 radical (unpaired) electrons. The Balaban J connectivity index is 2.44. The fourth-order valence-electron chi connectivity index (χ4n) is 1.54. The second-order valence-corrected chi connectivity index (χ2v) is 4.96. The van der Waals surface area contributed by atoms with E-state index in [-0.39, 0.29) is 0 Å². The molecule has 16 heavy (non-hydrogen) atoms. The molecule has 1 N–H and O–H groups in total. The van der Waals surface area contributed by atoms with Crippen LogP contribution in [0.3, 0.4) is 0 Å². The summed E-state index contributed by atoms with van der Waals surface area (Å²) >= 11 is 0. The maximum Gasteiger partial charge on any atom is 0.181 e. The van der Waals surface area contributed by atoms with Gasteiger partial charge in [0.15, 0.2) is 6.39 Å². The lowest BCUT2D eigenvalue weighted by molar-refractivity contribution is 0.442. The first-order valence-electron chi connectivity index (χ1n) is 6.25. The van der Waals surface area contributed by atoms with Gasteiger partial charge in [0.25, 0.3) is 0 Å². The van der Waals surface area contributed by atoms with Crippen LogP contribution in [-0.2, 0) is 13.0 Å². The van der Waals surface area contributed by atoms with Crippen LogP contribution < -0.4 is 5.32 Å². The van der Waals surface area contributed by atoms with Crippen molar-refractivity contribution in [2.24, 2.45) is 11.8 Å². The quantitative estimate of drug-likeness (QED) is 0.773. The highest BCUT2D eigenvalue weighted by atomic mass is 16.3. The van der Waals surface area contributed by atoms with Crippen LogP contribution in [0, 0.1) is 11.8 Å². The summed E-state index contributed by atoms with van der Waals surface area (Å²) in [5, 5.41) is 3.40. The lowest BCUT2D eigenvalue weighted by Gasteiger charge is -2.08. The molecule has 0 aliphatic heterocycles. The molecule has 0 spiro atoms. The Hall–Kier alpha value is -0.830. The van der Waals surface area contributed by atoms with Crippen molar-refractivity contribution >= 4 is 0 Å². The van der Waals surface area contributed by atoms with Gasteiger partial charge in [0.2, 0.25) is 0 Å². The molecule has 3 nitrogen and oxygen atoms in total. The average Bonchev–Trinajstić information content (AvgIpc) is 2.65. The van der Waals surface area contributed by atoms with Crippen molar-refractivity contribution in [1.82, 2.24) is 10.3 Å². The topological polar surface area (TPSA) is 38.1 Å². The van der Waals surface area contributed by atoms with Crippen molar-refractivity contribution in [2.45, 2.75) is 47.1 Å². The molecular weight excluding hydrogens is 200 g/mol. The fourth-order valence-corrected chi connectivity index (χ4v) is 1.54. The van der Waals surface area contributed by atoms with Crippen molar-refractivity contribution in [3.8, 4) is 0 Å². The summed E-state index contributed by atoms with van der Waals surface area (Å²) < 4.78 is 5.44. The highest BCUT2D eigenvalue weighted by Crippen LogP contribution is 2.14. The zero-order valence-electron chi connectivity index (χ0n) is 10.9. The van der Waals surface area contributed by atoms with Crippen molar-refractivity contribution in [3.63, 3.8) is 0 Å². The third-order valence-corrected chi connectivity index (χ3v) is 2.80. The van der Waals surface area contributed by atoms with Gasteiger partial charge in [-0.2, -0.15) is 0 Å². The van der Waals surface area contributed by atoms with Crippen LogP contribution in [0.15, 0.2) is 10.8 Å². The number of hydrogen-bond acceptors (Lipinski definition) is 3. The number of aromatic nitrogens is 1. The summed E-state index contributed by atoms with van der Waals surface area (Å²) in [6.07, 6.45) is 3.73. The predicted molar refractivity (Wildman–Crippen MR) is 66.2 cm³/mol. The number of nitrogens with one attached hydrogen (secondary N) is 1. The summed E-state index contributed by atoms with van der Waals surface area (Å²) in [6.45, 7) is 10.7. The molecule has 0 fully saturated rings. The van der Waals surface area contributed by atoms with Crippen LogP contribution in [0.2, 0.25) is 0 Å². The zero-order chi connectivity index (χ0) is 12.0. The van der Waals surface area contributed by atoms with Crippen LogP contribution in [0.4, 0.5) is 0 Å². The first-order chi connectivity index (χ1) is 7.63. The second-order valence-electron chi connectivity index (χ2n) is 4.96. The van der Waals surface area contributed by atoms with E-state index in [4.69, 9.17) is 4.42 Å².